The average Bonchev–Trinajstić information content (AvgIpc) is 3.40. The normalized spacial score (nSPS) is 40.1. The second kappa shape index (κ2) is 33.6. The van der Waals surface area contributed by atoms with Crippen LogP contribution in [0, 0.1) is 5.92 Å². The molecule has 43 nitrogen and oxygen atoms in total. The first-order valence-electron chi connectivity index (χ1n) is 22.2. The predicted octanol–water partition coefficient (Wildman–Crippen LogP) is -14.7. The average molecular weight is 1340 g/mol. The van der Waals surface area contributed by atoms with E-state index in [1.807, 2.05) is 0 Å². The summed E-state index contributed by atoms with van der Waals surface area (Å²) in [5, 5.41) is 107. The van der Waals surface area contributed by atoms with Crippen molar-refractivity contribution in [3.05, 3.63) is 0 Å². The molecule has 484 valence electrons. The molecule has 5 aliphatic rings. The Morgan fingerprint density at radius 3 is 1.40 bits per heavy atom. The highest BCUT2D eigenvalue weighted by atomic mass is 32.3. The van der Waals surface area contributed by atoms with Gasteiger partial charge in [0.1, 0.15) is 91.9 Å². The van der Waals surface area contributed by atoms with Crippen LogP contribution in [0.1, 0.15) is 27.7 Å². The van der Waals surface area contributed by atoms with Gasteiger partial charge in [-0.1, -0.05) is 6.92 Å². The number of aliphatic hydroxyl groups excluding tert-OH is 6. The Morgan fingerprint density at radius 2 is 0.915 bits per heavy atom. The van der Waals surface area contributed by atoms with Gasteiger partial charge in [-0.25, -0.2) is 57.6 Å². The highest BCUT2D eigenvalue weighted by molar-refractivity contribution is 7.84. The van der Waals surface area contributed by atoms with Crippen LogP contribution in [0.4, 0.5) is 0 Å². The maximum atomic E-state index is 12.3. The molecule has 5 rings (SSSR count). The Kier molecular flexibility index (Phi) is 31.3. The van der Waals surface area contributed by atoms with Crippen LogP contribution in [0.15, 0.2) is 0 Å². The largest absolute Gasteiger partial charge is 0.853 e. The van der Waals surface area contributed by atoms with Crippen molar-refractivity contribution < 1.29 is 186 Å². The molecule has 50 heteroatoms. The zero-order valence-electron chi connectivity index (χ0n) is 41.5. The van der Waals surface area contributed by atoms with E-state index in [2.05, 4.69) is 44.2 Å². The van der Waals surface area contributed by atoms with Gasteiger partial charge in [-0.15, -0.1) is 19.2 Å². The van der Waals surface area contributed by atoms with Crippen LogP contribution < -0.4 is 29.8 Å². The maximum absolute atomic E-state index is 12.3. The third-order valence-electron chi connectivity index (χ3n) is 12.2. The van der Waals surface area contributed by atoms with Gasteiger partial charge in [0.25, 0.3) is 0 Å². The van der Waals surface area contributed by atoms with E-state index in [0.29, 0.717) is 0 Å². The molecule has 5 heterocycles. The van der Waals surface area contributed by atoms with Crippen LogP contribution in [0.5, 0.6) is 0 Å². The molecule has 9 N–H and O–H groups in total. The Bertz CT molecular complexity index is 2520. The topological polar surface area (TPSA) is 670 Å². The lowest BCUT2D eigenvalue weighted by Gasteiger charge is -2.51. The van der Waals surface area contributed by atoms with Gasteiger partial charge in [0.15, 0.2) is 81.1 Å². The molecule has 25 atom stereocenters. The number of aliphatic hydroxyl groups is 6. The molecule has 0 aromatic rings. The zero-order chi connectivity index (χ0) is 63.2. The van der Waals surface area contributed by atoms with Crippen LogP contribution in [-0.2, 0) is 144 Å². The van der Waals surface area contributed by atoms with Crippen molar-refractivity contribution >= 4 is 77.0 Å². The van der Waals surface area contributed by atoms with Gasteiger partial charge in [-0.3, -0.25) is 14.3 Å². The van der Waals surface area contributed by atoms with E-state index in [4.69, 9.17) is 68.6 Å². The number of rotatable bonds is 23. The second-order valence-electron chi connectivity index (χ2n) is 17.4. The maximum Gasteiger partial charge on any atom is 0.425 e. The minimum Gasteiger partial charge on any atom is -0.853 e. The summed E-state index contributed by atoms with van der Waals surface area (Å²) in [5.41, 5.74) is 0. The van der Waals surface area contributed by atoms with Gasteiger partial charge in [0.05, 0.1) is 43.2 Å². The van der Waals surface area contributed by atoms with E-state index >= 15 is 0 Å². The quantitative estimate of drug-likeness (QED) is 0.0198. The molecule has 5 fully saturated rings. The molecule has 0 radical (unpaired) electrons. The summed E-state index contributed by atoms with van der Waals surface area (Å²) in [7, 11) is -25.0. The van der Waals surface area contributed by atoms with Crippen molar-refractivity contribution in [2.75, 3.05) is 19.8 Å². The lowest BCUT2D eigenvalue weighted by Crippen LogP contribution is -2.70. The van der Waals surface area contributed by atoms with Gasteiger partial charge >= 0.3 is 10.6 Å². The van der Waals surface area contributed by atoms with Crippen LogP contribution in [-0.4, -0.2) is 270 Å². The van der Waals surface area contributed by atoms with Crippen molar-refractivity contribution in [3.63, 3.8) is 0 Å². The Hall–Kier alpha value is -1.74. The molecular weight excluding hydrogens is 1290 g/mol. The summed E-state index contributed by atoms with van der Waals surface area (Å²) in [6.45, 7) is 1.13. The predicted molar refractivity (Wildman–Crippen MR) is 234 cm³/mol. The first-order chi connectivity index (χ1) is 37.9. The molecule has 0 aliphatic carbocycles. The zero-order valence-corrected chi connectivity index (χ0v) is 47.2. The minimum absolute atomic E-state index is 1.11. The van der Waals surface area contributed by atoms with E-state index in [0.717, 1.165) is 13.8 Å². The highest BCUT2D eigenvalue weighted by Crippen LogP contribution is 2.38. The van der Waals surface area contributed by atoms with E-state index in [9.17, 15) is 98.1 Å². The van der Waals surface area contributed by atoms with Crippen molar-refractivity contribution in [1.82, 2.24) is 14.2 Å². The number of nitrogens with one attached hydrogen (secondary N) is 3. The fraction of sp³-hybridized carbons (Fsp3) is 1.00. The molecule has 0 aromatic carbocycles. The fourth-order valence-electron chi connectivity index (χ4n) is 8.69. The summed E-state index contributed by atoms with van der Waals surface area (Å²) in [5.74, 6) is -1.40. The lowest BCUT2D eigenvalue weighted by molar-refractivity contribution is -0.808. The SMILES string of the molecule is CC1O[C@@H](O[C@@H]2C(COO[O-])O[C@@H](O[C@H]3C(C)O[C@@H](O[C@@H]4C(COS(=O)(=O)[O-])O[C@@H](C)C(NS(=O)(=O)[O-])[C@H]4O)C(C)[C@@H]3O)C(NS(=O)(=O)[O-])[C@H]2OO[O-])C(O)[C@@H](O)[C@@H]1O[C@@H]1OC(C[O-])[C@@H](O)[C@H](O)C1NS(=O)(=O)[O-].O=S.O=S.O=S(=O)=O. The fourth-order valence-corrected chi connectivity index (χ4v) is 10.8. The second-order valence-corrected chi connectivity index (χ2v) is 22.3. The number of ether oxygens (including phenoxy) is 9. The molecule has 0 amide bonds. The van der Waals surface area contributed by atoms with E-state index in [1.165, 1.54) is 23.3 Å². The first kappa shape index (κ1) is 76.4. The summed E-state index contributed by atoms with van der Waals surface area (Å²) in [4.78, 5) is 9.20. The standard InChI is InChI=1S/C32H58N3O35S4.O3S.2OS/c1-8-18(37)24(10(3)60-29(8)66-26-14(7-58-74(54,55)56)59-9(2)15(21(26)40)33-71(45,46)47)64-31-17(35-73(51,52)53)28(68-70-44)27(13(63-31)6-57-69-43)67-32-23(42)22(41)25(11(4)61-32)65-30-16(34-72(48,49)50)20(39)19(38)12(5-36)62-30;1-4(2)3;2*1-2/h8-35,37-44H,5-7H2,1-4H3,(H,45,46,47)(H,48,49,50)(H,51,52,53)(H,54,55,56);;;/q-1;;;/p-6/t8?,9-,10?,11?,12?,13?,14?,15?,16?,17?,18-,19+,20+,21+,22+,23?,24-,25+,26+,27+,28+,29-,30-,31-,32-;;;/m0.../s1. The summed E-state index contributed by atoms with van der Waals surface area (Å²) in [6.07, 6.45) is -41.3. The van der Waals surface area contributed by atoms with Crippen molar-refractivity contribution in [2.45, 2.75) is 175 Å². The molecule has 0 saturated carbocycles. The Labute approximate surface area is 475 Å². The molecule has 0 spiro atoms. The van der Waals surface area contributed by atoms with Gasteiger partial charge in [-0.05, 0) is 20.8 Å². The third-order valence-corrected chi connectivity index (χ3v) is 14.3. The van der Waals surface area contributed by atoms with Crippen LogP contribution in [0.25, 0.3) is 0 Å². The van der Waals surface area contributed by atoms with Crippen molar-refractivity contribution in [1.29, 1.82) is 0 Å². The summed E-state index contributed by atoms with van der Waals surface area (Å²) < 4.78 is 241. The molecular formula is C32H52N3O40S7-7. The molecule has 10 unspecified atom stereocenters. The first-order valence-corrected chi connectivity index (χ1v) is 29.5. The minimum atomic E-state index is -5.73. The highest BCUT2D eigenvalue weighted by Gasteiger charge is 2.57. The smallest absolute Gasteiger partial charge is 0.425 e. The Balaban J connectivity index is 0.00000272. The number of hydrogen-bond acceptors (Lipinski definition) is 42. The third kappa shape index (κ3) is 22.4. The molecule has 82 heavy (non-hydrogen) atoms. The molecule has 5 saturated heterocycles. The van der Waals surface area contributed by atoms with Gasteiger partial charge in [0.2, 0.25) is 10.4 Å². The van der Waals surface area contributed by atoms with Gasteiger partial charge < -0.3 is 107 Å². The van der Waals surface area contributed by atoms with Crippen molar-refractivity contribution in [3.8, 4) is 0 Å². The van der Waals surface area contributed by atoms with E-state index in [1.54, 1.807) is 4.72 Å². The van der Waals surface area contributed by atoms with Crippen LogP contribution >= 0.6 is 0 Å². The number of hydrogen-bond donors (Lipinski definition) is 9. The monoisotopic (exact) mass is 1340 g/mol. The van der Waals surface area contributed by atoms with Gasteiger partial charge in [-0.2, -0.15) is 8.42 Å². The van der Waals surface area contributed by atoms with Gasteiger partial charge in [0, 0.05) is 5.92 Å². The lowest BCUT2D eigenvalue weighted by atomic mass is 9.91. The molecule has 0 aromatic heterocycles. The van der Waals surface area contributed by atoms with Crippen LogP contribution in [0.3, 0.4) is 0 Å². The van der Waals surface area contributed by atoms with E-state index < -0.39 is 225 Å². The Morgan fingerprint density at radius 1 is 0.476 bits per heavy atom. The summed E-state index contributed by atoms with van der Waals surface area (Å²) in [6, 6.07) is -6.27. The van der Waals surface area contributed by atoms with Crippen LogP contribution in [0.2, 0.25) is 0 Å². The van der Waals surface area contributed by atoms with E-state index in [-0.39, 0.29) is 0 Å². The molecule has 0 bridgehead atoms. The molecule has 5 aliphatic heterocycles. The summed E-state index contributed by atoms with van der Waals surface area (Å²) >= 11 is 5.67. The van der Waals surface area contributed by atoms with Crippen molar-refractivity contribution in [2.24, 2.45) is 5.92 Å².